The third kappa shape index (κ3) is 3.31. The van der Waals surface area contributed by atoms with Gasteiger partial charge in [0.2, 0.25) is 10.0 Å². The van der Waals surface area contributed by atoms with E-state index in [0.717, 1.165) is 5.69 Å². The Hall–Kier alpha value is -2.48. The van der Waals surface area contributed by atoms with Crippen LogP contribution in [0.2, 0.25) is 0 Å². The molecule has 1 aliphatic rings. The van der Waals surface area contributed by atoms with Crippen LogP contribution in [0.1, 0.15) is 22.6 Å². The smallest absolute Gasteiger partial charge is 0.275 e. The molecule has 1 aliphatic heterocycles. The van der Waals surface area contributed by atoms with Gasteiger partial charge in [-0.1, -0.05) is 0 Å². The van der Waals surface area contributed by atoms with Crippen molar-refractivity contribution in [1.29, 1.82) is 0 Å². The van der Waals surface area contributed by atoms with Gasteiger partial charge in [-0.25, -0.2) is 13.4 Å². The number of carbonyl (C=O) groups excluding carboxylic acids is 1. The van der Waals surface area contributed by atoms with Crippen LogP contribution in [0.4, 0.5) is 11.4 Å². The number of nitrogens with one attached hydrogen (secondary N) is 1. The molecule has 23 heavy (non-hydrogen) atoms. The Kier molecular flexibility index (Phi) is 3.99. The number of nitrogens with zero attached hydrogens (tertiary/aromatic N) is 3. The van der Waals surface area contributed by atoms with Crippen molar-refractivity contribution in [1.82, 2.24) is 9.97 Å². The maximum atomic E-state index is 12.0. The van der Waals surface area contributed by atoms with Crippen molar-refractivity contribution >= 4 is 27.3 Å². The molecular weight excluding hydrogens is 316 g/mol. The fourth-order valence-electron chi connectivity index (χ4n) is 2.35. The van der Waals surface area contributed by atoms with Crippen LogP contribution < -0.4 is 9.62 Å². The van der Waals surface area contributed by atoms with Crippen molar-refractivity contribution in [2.45, 2.75) is 13.3 Å². The second-order valence-corrected chi connectivity index (χ2v) is 7.30. The first-order valence-corrected chi connectivity index (χ1v) is 8.77. The molecule has 0 unspecified atom stereocenters. The van der Waals surface area contributed by atoms with Crippen LogP contribution in [0.3, 0.4) is 0 Å². The summed E-state index contributed by atoms with van der Waals surface area (Å²) in [4.78, 5) is 20.1. The number of sulfonamides is 1. The molecular formula is C15H16N4O3S. The van der Waals surface area contributed by atoms with Crippen LogP contribution in [0, 0.1) is 6.92 Å². The summed E-state index contributed by atoms with van der Waals surface area (Å²) < 4.78 is 25.1. The zero-order valence-electron chi connectivity index (χ0n) is 12.6. The maximum absolute atomic E-state index is 12.0. The maximum Gasteiger partial charge on any atom is 0.275 e. The van der Waals surface area contributed by atoms with E-state index >= 15 is 0 Å². The van der Waals surface area contributed by atoms with Gasteiger partial charge in [-0.15, -0.1) is 0 Å². The first-order valence-electron chi connectivity index (χ1n) is 7.16. The third-order valence-electron chi connectivity index (χ3n) is 3.53. The van der Waals surface area contributed by atoms with Crippen molar-refractivity contribution < 1.29 is 13.2 Å². The van der Waals surface area contributed by atoms with Crippen LogP contribution in [-0.2, 0) is 10.0 Å². The summed E-state index contributed by atoms with van der Waals surface area (Å²) in [6, 6.07) is 6.70. The molecule has 2 heterocycles. The number of amides is 1. The normalized spacial score (nSPS) is 16.3. The number of hydrogen-bond acceptors (Lipinski definition) is 5. The second-order valence-electron chi connectivity index (χ2n) is 5.29. The molecule has 0 aliphatic carbocycles. The molecule has 8 heteroatoms. The van der Waals surface area contributed by atoms with Crippen molar-refractivity contribution in [3.8, 4) is 0 Å². The zero-order valence-corrected chi connectivity index (χ0v) is 13.4. The third-order valence-corrected chi connectivity index (χ3v) is 5.40. The van der Waals surface area contributed by atoms with E-state index in [1.54, 1.807) is 31.2 Å². The quantitative estimate of drug-likeness (QED) is 0.921. The number of rotatable bonds is 3. The summed E-state index contributed by atoms with van der Waals surface area (Å²) in [6.07, 6.45) is 3.57. The van der Waals surface area contributed by atoms with Gasteiger partial charge >= 0.3 is 0 Å². The minimum absolute atomic E-state index is 0.178. The average molecular weight is 332 g/mol. The largest absolute Gasteiger partial charge is 0.321 e. The number of carbonyl (C=O) groups is 1. The molecule has 3 rings (SSSR count). The van der Waals surface area contributed by atoms with Gasteiger partial charge in [-0.05, 0) is 37.6 Å². The van der Waals surface area contributed by atoms with Gasteiger partial charge in [0.1, 0.15) is 5.69 Å². The topological polar surface area (TPSA) is 92.3 Å². The molecule has 1 amide bonds. The van der Waals surface area contributed by atoms with Gasteiger partial charge in [0.25, 0.3) is 5.91 Å². The van der Waals surface area contributed by atoms with Crippen molar-refractivity contribution in [2.75, 3.05) is 21.9 Å². The summed E-state index contributed by atoms with van der Waals surface area (Å²) in [7, 11) is -3.20. The summed E-state index contributed by atoms with van der Waals surface area (Å²) >= 11 is 0. The lowest BCUT2D eigenvalue weighted by atomic mass is 10.2. The van der Waals surface area contributed by atoms with E-state index in [0.29, 0.717) is 24.3 Å². The lowest BCUT2D eigenvalue weighted by Crippen LogP contribution is -2.25. The molecule has 0 atom stereocenters. The monoisotopic (exact) mass is 332 g/mol. The van der Waals surface area contributed by atoms with Crippen LogP contribution >= 0.6 is 0 Å². The Balaban J connectivity index is 1.73. The molecule has 1 N–H and O–H groups in total. The Labute approximate surface area is 134 Å². The highest BCUT2D eigenvalue weighted by Gasteiger charge is 2.28. The Bertz CT molecular complexity index is 817. The summed E-state index contributed by atoms with van der Waals surface area (Å²) in [5.74, 6) is -0.184. The molecule has 0 bridgehead atoms. The van der Waals surface area contributed by atoms with Gasteiger partial charge in [-0.3, -0.25) is 14.1 Å². The Morgan fingerprint density at radius 3 is 2.48 bits per heavy atom. The molecule has 0 spiro atoms. The van der Waals surface area contributed by atoms with E-state index in [1.807, 2.05) is 0 Å². The lowest BCUT2D eigenvalue weighted by Gasteiger charge is -2.17. The number of aromatic nitrogens is 2. The highest BCUT2D eigenvalue weighted by molar-refractivity contribution is 7.93. The molecule has 0 saturated carbocycles. The highest BCUT2D eigenvalue weighted by Crippen LogP contribution is 2.25. The molecule has 0 radical (unpaired) electrons. The molecule has 2 aromatic rings. The number of hydrogen-bond donors (Lipinski definition) is 1. The van der Waals surface area contributed by atoms with Gasteiger partial charge in [-0.2, -0.15) is 0 Å². The van der Waals surface area contributed by atoms with Gasteiger partial charge in [0.05, 0.1) is 23.3 Å². The molecule has 7 nitrogen and oxygen atoms in total. The van der Waals surface area contributed by atoms with Crippen LogP contribution in [-0.4, -0.2) is 36.6 Å². The molecule has 1 fully saturated rings. The summed E-state index contributed by atoms with van der Waals surface area (Å²) in [5, 5.41) is 2.71. The minimum Gasteiger partial charge on any atom is -0.321 e. The van der Waals surface area contributed by atoms with E-state index in [-0.39, 0.29) is 17.4 Å². The predicted octanol–water partition coefficient (Wildman–Crippen LogP) is 1.58. The van der Waals surface area contributed by atoms with E-state index in [1.165, 1.54) is 16.7 Å². The average Bonchev–Trinajstić information content (AvgIpc) is 2.88. The van der Waals surface area contributed by atoms with E-state index in [9.17, 15) is 13.2 Å². The van der Waals surface area contributed by atoms with E-state index in [4.69, 9.17) is 0 Å². The summed E-state index contributed by atoms with van der Waals surface area (Å²) in [5.41, 5.74) is 2.13. The minimum atomic E-state index is -3.20. The van der Waals surface area contributed by atoms with Crippen molar-refractivity contribution in [3.63, 3.8) is 0 Å². The zero-order chi connectivity index (χ0) is 16.4. The molecule has 1 aromatic heterocycles. The fourth-order valence-corrected chi connectivity index (χ4v) is 3.91. The van der Waals surface area contributed by atoms with E-state index in [2.05, 4.69) is 15.3 Å². The van der Waals surface area contributed by atoms with Gasteiger partial charge in [0, 0.05) is 18.4 Å². The number of aryl methyl sites for hydroxylation is 1. The second kappa shape index (κ2) is 5.96. The fraction of sp³-hybridized carbons (Fsp3) is 0.267. The SMILES string of the molecule is Cc1cnc(C(=O)Nc2ccc(N3CCCS3(=O)=O)cc2)cn1. The predicted molar refractivity (Wildman–Crippen MR) is 86.9 cm³/mol. The molecule has 1 saturated heterocycles. The van der Waals surface area contributed by atoms with Crippen LogP contribution in [0.15, 0.2) is 36.7 Å². The van der Waals surface area contributed by atoms with Crippen LogP contribution in [0.25, 0.3) is 0 Å². The first-order chi connectivity index (χ1) is 11.0. The van der Waals surface area contributed by atoms with E-state index < -0.39 is 10.0 Å². The molecule has 1 aromatic carbocycles. The Morgan fingerprint density at radius 2 is 1.91 bits per heavy atom. The standard InChI is InChI=1S/C15H16N4O3S/c1-11-9-17-14(10-16-11)15(20)18-12-3-5-13(6-4-12)19-7-2-8-23(19,21)22/h3-6,9-10H,2,7-8H2,1H3,(H,18,20). The first kappa shape index (κ1) is 15.4. The summed E-state index contributed by atoms with van der Waals surface area (Å²) in [6.45, 7) is 2.28. The number of benzene rings is 1. The number of anilines is 2. The van der Waals surface area contributed by atoms with Crippen LogP contribution in [0.5, 0.6) is 0 Å². The Morgan fingerprint density at radius 1 is 1.17 bits per heavy atom. The van der Waals surface area contributed by atoms with Gasteiger partial charge in [0.15, 0.2) is 0 Å². The lowest BCUT2D eigenvalue weighted by molar-refractivity contribution is 0.102. The highest BCUT2D eigenvalue weighted by atomic mass is 32.2. The van der Waals surface area contributed by atoms with Gasteiger partial charge < -0.3 is 5.32 Å². The molecule has 120 valence electrons. The van der Waals surface area contributed by atoms with Crippen molar-refractivity contribution in [3.05, 3.63) is 48.0 Å². The van der Waals surface area contributed by atoms with Crippen molar-refractivity contribution in [2.24, 2.45) is 0 Å².